The lowest BCUT2D eigenvalue weighted by atomic mass is 10.0. The molecule has 1 aliphatic rings. The number of nitrogens with zero attached hydrogens (tertiary/aromatic N) is 3. The second-order valence-electron chi connectivity index (χ2n) is 7.29. The maximum atomic E-state index is 11.8. The second-order valence-corrected chi connectivity index (χ2v) is 7.72. The van der Waals surface area contributed by atoms with E-state index in [1.807, 2.05) is 37.3 Å². The van der Waals surface area contributed by atoms with Gasteiger partial charge in [-0.3, -0.25) is 4.79 Å². The smallest absolute Gasteiger partial charge is 0.251 e. The molecule has 0 amide bonds. The second kappa shape index (κ2) is 7.04. The molecule has 0 atom stereocenters. The summed E-state index contributed by atoms with van der Waals surface area (Å²) in [4.78, 5) is 29.6. The summed E-state index contributed by atoms with van der Waals surface area (Å²) in [6, 6.07) is 11.4. The van der Waals surface area contributed by atoms with Gasteiger partial charge in [0.15, 0.2) is 0 Å². The van der Waals surface area contributed by atoms with Gasteiger partial charge in [-0.05, 0) is 36.8 Å². The van der Waals surface area contributed by atoms with Crippen LogP contribution in [-0.2, 0) is 19.4 Å². The molecule has 0 aliphatic carbocycles. The van der Waals surface area contributed by atoms with Gasteiger partial charge < -0.3 is 14.9 Å². The van der Waals surface area contributed by atoms with Crippen LogP contribution in [0.4, 0.5) is 5.82 Å². The number of hydrogen-bond donors (Lipinski definition) is 2. The summed E-state index contributed by atoms with van der Waals surface area (Å²) in [5, 5.41) is 1.92. The highest BCUT2D eigenvalue weighted by Gasteiger charge is 2.22. The van der Waals surface area contributed by atoms with Crippen molar-refractivity contribution in [3.05, 3.63) is 74.9 Å². The minimum absolute atomic E-state index is 0.141. The molecule has 5 rings (SSSR count). The van der Waals surface area contributed by atoms with E-state index in [4.69, 9.17) is 11.6 Å². The Kier molecular flexibility index (Phi) is 4.36. The van der Waals surface area contributed by atoms with Crippen molar-refractivity contribution in [2.45, 2.75) is 26.3 Å². The summed E-state index contributed by atoms with van der Waals surface area (Å²) in [5.41, 5.74) is 5.11. The van der Waals surface area contributed by atoms with Crippen molar-refractivity contribution in [2.24, 2.45) is 0 Å². The molecule has 0 unspecified atom stereocenters. The van der Waals surface area contributed by atoms with E-state index in [-0.39, 0.29) is 5.56 Å². The first-order valence-corrected chi connectivity index (χ1v) is 10.1. The average Bonchev–Trinajstić information content (AvgIpc) is 3.10. The third kappa shape index (κ3) is 3.29. The molecular formula is C22H20ClN5O. The van der Waals surface area contributed by atoms with Crippen LogP contribution in [-0.4, -0.2) is 26.5 Å². The van der Waals surface area contributed by atoms with Crippen LogP contribution in [0.1, 0.15) is 23.9 Å². The van der Waals surface area contributed by atoms with E-state index < -0.39 is 0 Å². The number of hydrogen-bond acceptors (Lipinski definition) is 4. The fraction of sp³-hybridized carbons (Fsp3) is 0.227. The number of aromatic amines is 2. The Morgan fingerprint density at radius 2 is 2.07 bits per heavy atom. The van der Waals surface area contributed by atoms with Gasteiger partial charge in [0.1, 0.15) is 11.6 Å². The van der Waals surface area contributed by atoms with E-state index in [0.717, 1.165) is 47.1 Å². The van der Waals surface area contributed by atoms with Crippen LogP contribution >= 0.6 is 11.6 Å². The fourth-order valence-electron chi connectivity index (χ4n) is 3.92. The van der Waals surface area contributed by atoms with Crippen LogP contribution in [0.15, 0.2) is 47.4 Å². The molecule has 0 saturated heterocycles. The summed E-state index contributed by atoms with van der Waals surface area (Å²) >= 11 is 6.21. The first kappa shape index (κ1) is 17.9. The Bertz CT molecular complexity index is 1260. The van der Waals surface area contributed by atoms with Crippen LogP contribution in [0.3, 0.4) is 0 Å². The van der Waals surface area contributed by atoms with E-state index in [0.29, 0.717) is 12.2 Å². The molecule has 146 valence electrons. The van der Waals surface area contributed by atoms with Gasteiger partial charge in [-0.25, -0.2) is 9.97 Å². The zero-order valence-corrected chi connectivity index (χ0v) is 16.8. The highest BCUT2D eigenvalue weighted by molar-refractivity contribution is 6.31. The predicted molar refractivity (Wildman–Crippen MR) is 116 cm³/mol. The zero-order chi connectivity index (χ0) is 20.0. The van der Waals surface area contributed by atoms with Crippen molar-refractivity contribution in [3.8, 4) is 11.4 Å². The topological polar surface area (TPSA) is 77.7 Å². The highest BCUT2D eigenvalue weighted by Crippen LogP contribution is 2.31. The lowest BCUT2D eigenvalue weighted by Gasteiger charge is -2.28. The Hall–Kier alpha value is -3.12. The number of halogens is 1. The van der Waals surface area contributed by atoms with Crippen molar-refractivity contribution >= 4 is 28.3 Å². The minimum atomic E-state index is -0.141. The van der Waals surface area contributed by atoms with Crippen molar-refractivity contribution in [1.29, 1.82) is 0 Å². The Morgan fingerprint density at radius 3 is 2.86 bits per heavy atom. The summed E-state index contributed by atoms with van der Waals surface area (Å²) in [5.74, 6) is 1.46. The minimum Gasteiger partial charge on any atom is -0.358 e. The highest BCUT2D eigenvalue weighted by atomic mass is 35.5. The Balaban J connectivity index is 1.44. The molecule has 29 heavy (non-hydrogen) atoms. The molecule has 2 N–H and O–H groups in total. The van der Waals surface area contributed by atoms with Gasteiger partial charge in [-0.2, -0.15) is 0 Å². The number of fused-ring (bicyclic) bond motifs is 3. The lowest BCUT2D eigenvalue weighted by molar-refractivity contribution is 0.716. The largest absolute Gasteiger partial charge is 0.358 e. The molecule has 4 aromatic rings. The third-order valence-corrected chi connectivity index (χ3v) is 5.67. The maximum absolute atomic E-state index is 11.8. The maximum Gasteiger partial charge on any atom is 0.251 e. The van der Waals surface area contributed by atoms with Gasteiger partial charge in [0.25, 0.3) is 5.56 Å². The van der Waals surface area contributed by atoms with Crippen molar-refractivity contribution in [1.82, 2.24) is 19.9 Å². The SMILES string of the molecule is CCc1cc(=O)[nH]c(-c2ccc(N3CCc4[nH]c5ccc(Cl)cc5c4C3)nc2)n1. The van der Waals surface area contributed by atoms with Crippen LogP contribution < -0.4 is 10.5 Å². The standard InChI is InChI=1S/C22H20ClN5O/c1-2-15-10-21(29)27-22(25-15)13-3-6-20(24-11-13)28-8-7-19-17(12-28)16-9-14(23)4-5-18(16)26-19/h3-6,9-11,26H,2,7-8,12H2,1H3,(H,25,27,29). The van der Waals surface area contributed by atoms with E-state index in [1.165, 1.54) is 22.7 Å². The number of pyridine rings is 1. The first-order chi connectivity index (χ1) is 14.1. The normalized spacial score (nSPS) is 13.7. The quantitative estimate of drug-likeness (QED) is 0.538. The van der Waals surface area contributed by atoms with E-state index in [1.54, 1.807) is 6.20 Å². The van der Waals surface area contributed by atoms with Crippen LogP contribution in [0, 0.1) is 0 Å². The molecule has 1 aliphatic heterocycles. The van der Waals surface area contributed by atoms with Gasteiger partial charge in [0, 0.05) is 70.2 Å². The molecule has 0 spiro atoms. The van der Waals surface area contributed by atoms with Crippen LogP contribution in [0.25, 0.3) is 22.3 Å². The van der Waals surface area contributed by atoms with Gasteiger partial charge >= 0.3 is 0 Å². The van der Waals surface area contributed by atoms with Gasteiger partial charge in [0.05, 0.1) is 0 Å². The van der Waals surface area contributed by atoms with E-state index in [9.17, 15) is 4.79 Å². The third-order valence-electron chi connectivity index (χ3n) is 5.44. The molecule has 4 heterocycles. The van der Waals surface area contributed by atoms with Crippen LogP contribution in [0.5, 0.6) is 0 Å². The molecule has 6 nitrogen and oxygen atoms in total. The molecule has 0 saturated carbocycles. The molecule has 0 radical (unpaired) electrons. The number of aryl methyl sites for hydroxylation is 1. The number of anilines is 1. The van der Waals surface area contributed by atoms with Gasteiger partial charge in [0.2, 0.25) is 0 Å². The van der Waals surface area contributed by atoms with Crippen molar-refractivity contribution in [2.75, 3.05) is 11.4 Å². The monoisotopic (exact) mass is 405 g/mol. The number of aromatic nitrogens is 4. The number of rotatable bonds is 3. The Morgan fingerprint density at radius 1 is 1.17 bits per heavy atom. The predicted octanol–water partition coefficient (Wildman–Crippen LogP) is 4.09. The van der Waals surface area contributed by atoms with Gasteiger partial charge in [-0.1, -0.05) is 18.5 Å². The molecular weight excluding hydrogens is 386 g/mol. The number of nitrogens with one attached hydrogen (secondary N) is 2. The molecule has 0 bridgehead atoms. The number of H-pyrrole nitrogens is 2. The molecule has 1 aromatic carbocycles. The zero-order valence-electron chi connectivity index (χ0n) is 16.0. The van der Waals surface area contributed by atoms with Crippen molar-refractivity contribution in [3.63, 3.8) is 0 Å². The molecule has 3 aromatic heterocycles. The summed E-state index contributed by atoms with van der Waals surface area (Å²) in [6.45, 7) is 3.65. The van der Waals surface area contributed by atoms with E-state index in [2.05, 4.69) is 24.8 Å². The van der Waals surface area contributed by atoms with Crippen molar-refractivity contribution < 1.29 is 0 Å². The van der Waals surface area contributed by atoms with E-state index >= 15 is 0 Å². The lowest BCUT2D eigenvalue weighted by Crippen LogP contribution is -2.30. The van der Waals surface area contributed by atoms with Gasteiger partial charge in [-0.15, -0.1) is 0 Å². The number of benzene rings is 1. The summed E-state index contributed by atoms with van der Waals surface area (Å²) in [6.07, 6.45) is 3.42. The van der Waals surface area contributed by atoms with Crippen LogP contribution in [0.2, 0.25) is 5.02 Å². The first-order valence-electron chi connectivity index (χ1n) is 9.71. The summed E-state index contributed by atoms with van der Waals surface area (Å²) in [7, 11) is 0. The average molecular weight is 406 g/mol. The molecule has 7 heteroatoms. The molecule has 0 fully saturated rings. The summed E-state index contributed by atoms with van der Waals surface area (Å²) < 4.78 is 0. The fourth-order valence-corrected chi connectivity index (χ4v) is 4.09. The Labute approximate surface area is 172 Å².